The molecule has 4 heteroatoms. The molecule has 0 radical (unpaired) electrons. The van der Waals surface area contributed by atoms with Crippen molar-refractivity contribution in [1.29, 1.82) is 0 Å². The highest BCUT2D eigenvalue weighted by Crippen LogP contribution is 2.21. The van der Waals surface area contributed by atoms with E-state index in [-0.39, 0.29) is 11.9 Å². The number of hydrogen-bond acceptors (Lipinski definition) is 2. The van der Waals surface area contributed by atoms with Crippen molar-refractivity contribution in [3.63, 3.8) is 0 Å². The zero-order valence-electron chi connectivity index (χ0n) is 10.8. The topological polar surface area (TPSA) is 54.7 Å². The van der Waals surface area contributed by atoms with E-state index in [9.17, 15) is 4.39 Å². The molecule has 0 unspecified atom stereocenters. The van der Waals surface area contributed by atoms with Crippen molar-refractivity contribution in [3.8, 4) is 11.3 Å². The first-order chi connectivity index (χ1) is 9.74. The number of aromatic nitrogens is 2. The predicted octanol–water partition coefficient (Wildman–Crippen LogP) is 3.26. The van der Waals surface area contributed by atoms with E-state index in [4.69, 9.17) is 5.73 Å². The van der Waals surface area contributed by atoms with Crippen LogP contribution in [0.4, 0.5) is 4.39 Å². The van der Waals surface area contributed by atoms with Gasteiger partial charge in [0.2, 0.25) is 0 Å². The van der Waals surface area contributed by atoms with E-state index in [2.05, 4.69) is 9.97 Å². The van der Waals surface area contributed by atoms with Gasteiger partial charge in [0.25, 0.3) is 0 Å². The lowest BCUT2D eigenvalue weighted by Gasteiger charge is -2.08. The molecule has 0 spiro atoms. The van der Waals surface area contributed by atoms with Crippen molar-refractivity contribution in [3.05, 3.63) is 78.0 Å². The summed E-state index contributed by atoms with van der Waals surface area (Å²) >= 11 is 0. The number of nitrogens with two attached hydrogens (primary N) is 1. The molecule has 0 aliphatic rings. The summed E-state index contributed by atoms with van der Waals surface area (Å²) in [7, 11) is 0. The summed E-state index contributed by atoms with van der Waals surface area (Å²) < 4.78 is 12.9. The van der Waals surface area contributed by atoms with Gasteiger partial charge in [-0.05, 0) is 35.4 Å². The highest BCUT2D eigenvalue weighted by molar-refractivity contribution is 5.58. The van der Waals surface area contributed by atoms with Gasteiger partial charge < -0.3 is 10.7 Å². The van der Waals surface area contributed by atoms with Crippen LogP contribution in [-0.2, 0) is 0 Å². The fourth-order valence-corrected chi connectivity index (χ4v) is 2.09. The van der Waals surface area contributed by atoms with Gasteiger partial charge in [-0.15, -0.1) is 0 Å². The summed E-state index contributed by atoms with van der Waals surface area (Å²) in [4.78, 5) is 7.51. The van der Waals surface area contributed by atoms with Crippen LogP contribution < -0.4 is 5.73 Å². The summed E-state index contributed by atoms with van der Waals surface area (Å²) in [5.41, 5.74) is 8.88. The highest BCUT2D eigenvalue weighted by atomic mass is 19.1. The maximum atomic E-state index is 12.9. The van der Waals surface area contributed by atoms with Gasteiger partial charge in [0.1, 0.15) is 11.6 Å². The first-order valence-corrected chi connectivity index (χ1v) is 6.35. The van der Waals surface area contributed by atoms with Crippen molar-refractivity contribution < 1.29 is 4.39 Å². The van der Waals surface area contributed by atoms with Gasteiger partial charge in [-0.1, -0.05) is 30.3 Å². The lowest BCUT2D eigenvalue weighted by molar-refractivity contribution is 0.628. The molecule has 3 rings (SSSR count). The Balaban J connectivity index is 1.89. The maximum absolute atomic E-state index is 12.9. The first-order valence-electron chi connectivity index (χ1n) is 6.35. The Kier molecular flexibility index (Phi) is 3.31. The normalized spacial score (nSPS) is 12.3. The Bertz CT molecular complexity index is 689. The molecule has 0 bridgehead atoms. The number of hydrogen-bond donors (Lipinski definition) is 2. The molecule has 1 atom stereocenters. The third-order valence-corrected chi connectivity index (χ3v) is 3.20. The van der Waals surface area contributed by atoms with E-state index in [1.54, 1.807) is 18.3 Å². The summed E-state index contributed by atoms with van der Waals surface area (Å²) in [6.45, 7) is 0. The zero-order chi connectivity index (χ0) is 13.9. The molecule has 3 aromatic rings. The molecule has 0 aliphatic heterocycles. The minimum Gasteiger partial charge on any atom is -0.340 e. The Morgan fingerprint density at radius 3 is 2.40 bits per heavy atom. The Hall–Kier alpha value is -2.46. The van der Waals surface area contributed by atoms with E-state index in [0.717, 1.165) is 16.8 Å². The molecule has 20 heavy (non-hydrogen) atoms. The Morgan fingerprint density at radius 1 is 1.00 bits per heavy atom. The standard InChI is InChI=1S/C16H14FN3/c17-13-8-6-11(7-9-13)14-10-19-16(20-14)15(18)12-4-2-1-3-5-12/h1-10,15H,18H2,(H,19,20)/t15-/m0/s1. The molecule has 2 aromatic carbocycles. The molecule has 1 aromatic heterocycles. The summed E-state index contributed by atoms with van der Waals surface area (Å²) in [5, 5.41) is 0. The van der Waals surface area contributed by atoms with Gasteiger partial charge in [0, 0.05) is 0 Å². The van der Waals surface area contributed by atoms with Crippen LogP contribution in [-0.4, -0.2) is 9.97 Å². The zero-order valence-corrected chi connectivity index (χ0v) is 10.8. The lowest BCUT2D eigenvalue weighted by Crippen LogP contribution is -2.13. The minimum absolute atomic E-state index is 0.255. The molecule has 1 heterocycles. The first kappa shape index (κ1) is 12.6. The number of halogens is 1. The number of rotatable bonds is 3. The minimum atomic E-state index is -0.301. The quantitative estimate of drug-likeness (QED) is 0.765. The van der Waals surface area contributed by atoms with Crippen molar-refractivity contribution in [2.75, 3.05) is 0 Å². The van der Waals surface area contributed by atoms with Gasteiger partial charge in [-0.3, -0.25) is 0 Å². The predicted molar refractivity (Wildman–Crippen MR) is 76.5 cm³/mol. The monoisotopic (exact) mass is 267 g/mol. The average Bonchev–Trinajstić information content (AvgIpc) is 2.98. The highest BCUT2D eigenvalue weighted by Gasteiger charge is 2.12. The molecule has 100 valence electrons. The molecule has 0 amide bonds. The number of nitrogens with zero attached hydrogens (tertiary/aromatic N) is 1. The van der Waals surface area contributed by atoms with Crippen molar-refractivity contribution >= 4 is 0 Å². The smallest absolute Gasteiger partial charge is 0.128 e. The van der Waals surface area contributed by atoms with Gasteiger partial charge in [0.15, 0.2) is 0 Å². The van der Waals surface area contributed by atoms with E-state index in [1.165, 1.54) is 12.1 Å². The van der Waals surface area contributed by atoms with E-state index in [0.29, 0.717) is 5.82 Å². The third kappa shape index (κ3) is 2.46. The van der Waals surface area contributed by atoms with Crippen LogP contribution in [0.3, 0.4) is 0 Å². The summed E-state index contributed by atoms with van der Waals surface area (Å²) in [5.74, 6) is 0.435. The van der Waals surface area contributed by atoms with Crippen molar-refractivity contribution in [2.45, 2.75) is 6.04 Å². The Labute approximate surface area is 116 Å². The van der Waals surface area contributed by atoms with E-state index >= 15 is 0 Å². The van der Waals surface area contributed by atoms with Crippen molar-refractivity contribution in [2.24, 2.45) is 5.73 Å². The van der Waals surface area contributed by atoms with Crippen LogP contribution in [0.15, 0.2) is 60.8 Å². The summed E-state index contributed by atoms with van der Waals surface area (Å²) in [6, 6.07) is 15.7. The van der Waals surface area contributed by atoms with Gasteiger partial charge in [-0.25, -0.2) is 9.37 Å². The second-order valence-corrected chi connectivity index (χ2v) is 4.58. The molecule has 0 saturated heterocycles. The molecule has 3 nitrogen and oxygen atoms in total. The molecular weight excluding hydrogens is 253 g/mol. The molecule has 0 aliphatic carbocycles. The van der Waals surface area contributed by atoms with Gasteiger partial charge in [0.05, 0.1) is 17.9 Å². The van der Waals surface area contributed by atoms with E-state index < -0.39 is 0 Å². The molecule has 3 N–H and O–H groups in total. The Morgan fingerprint density at radius 2 is 1.70 bits per heavy atom. The van der Waals surface area contributed by atoms with Crippen LogP contribution >= 0.6 is 0 Å². The third-order valence-electron chi connectivity index (χ3n) is 3.20. The number of nitrogens with one attached hydrogen (secondary N) is 1. The lowest BCUT2D eigenvalue weighted by atomic mass is 10.1. The number of imidazole rings is 1. The SMILES string of the molecule is N[C@@H](c1ccccc1)c1ncc(-c2ccc(F)cc2)[nH]1. The van der Waals surface area contributed by atoms with Crippen LogP contribution in [0.5, 0.6) is 0 Å². The van der Waals surface area contributed by atoms with Crippen molar-refractivity contribution in [1.82, 2.24) is 9.97 Å². The van der Waals surface area contributed by atoms with Crippen LogP contribution in [0, 0.1) is 5.82 Å². The van der Waals surface area contributed by atoms with Crippen LogP contribution in [0.2, 0.25) is 0 Å². The average molecular weight is 267 g/mol. The molecular formula is C16H14FN3. The van der Waals surface area contributed by atoms with Gasteiger partial charge in [-0.2, -0.15) is 0 Å². The van der Waals surface area contributed by atoms with Crippen LogP contribution in [0.1, 0.15) is 17.4 Å². The number of aromatic amines is 1. The maximum Gasteiger partial charge on any atom is 0.128 e. The number of H-pyrrole nitrogens is 1. The fraction of sp³-hybridized carbons (Fsp3) is 0.0625. The number of benzene rings is 2. The molecule has 0 fully saturated rings. The van der Waals surface area contributed by atoms with Crippen LogP contribution in [0.25, 0.3) is 11.3 Å². The second kappa shape index (κ2) is 5.27. The fourth-order valence-electron chi connectivity index (χ4n) is 2.09. The van der Waals surface area contributed by atoms with E-state index in [1.807, 2.05) is 30.3 Å². The summed E-state index contributed by atoms with van der Waals surface area (Å²) in [6.07, 6.45) is 1.71. The largest absolute Gasteiger partial charge is 0.340 e. The van der Waals surface area contributed by atoms with Gasteiger partial charge >= 0.3 is 0 Å². The second-order valence-electron chi connectivity index (χ2n) is 4.58. The molecule has 0 saturated carbocycles.